The molecule has 0 amide bonds. The molecule has 4 nitrogen and oxygen atoms in total. The number of rotatable bonds is 3. The number of phenols is 1. The molecule has 0 bridgehead atoms. The maximum atomic E-state index is 12.3. The zero-order chi connectivity index (χ0) is 13.9. The van der Waals surface area contributed by atoms with Crippen LogP contribution in [-0.2, 0) is 6.54 Å². The fraction of sp³-hybridized carbons (Fsp3) is 0.0625. The van der Waals surface area contributed by atoms with E-state index in [1.54, 1.807) is 36.4 Å². The Morgan fingerprint density at radius 2 is 1.80 bits per heavy atom. The van der Waals surface area contributed by atoms with Gasteiger partial charge in [0.1, 0.15) is 11.3 Å². The van der Waals surface area contributed by atoms with Gasteiger partial charge >= 0.3 is 0 Å². The first-order valence-electron chi connectivity index (χ1n) is 6.26. The first-order chi connectivity index (χ1) is 9.74. The third kappa shape index (κ3) is 2.36. The Morgan fingerprint density at radius 1 is 1.05 bits per heavy atom. The minimum absolute atomic E-state index is 0.0295. The Balaban J connectivity index is 1.86. The van der Waals surface area contributed by atoms with E-state index in [0.29, 0.717) is 23.1 Å². The summed E-state index contributed by atoms with van der Waals surface area (Å²) < 4.78 is 5.45. The number of anilines is 1. The maximum Gasteiger partial charge on any atom is 0.197 e. The van der Waals surface area contributed by atoms with Gasteiger partial charge in [-0.25, -0.2) is 0 Å². The molecule has 1 heterocycles. The normalized spacial score (nSPS) is 10.6. The molecule has 0 saturated carbocycles. The highest BCUT2D eigenvalue weighted by Crippen LogP contribution is 2.15. The second-order valence-corrected chi connectivity index (χ2v) is 4.49. The zero-order valence-corrected chi connectivity index (χ0v) is 10.7. The predicted octanol–water partition coefficient (Wildman–Crippen LogP) is 3.11. The van der Waals surface area contributed by atoms with Crippen molar-refractivity contribution < 1.29 is 9.52 Å². The number of benzene rings is 2. The van der Waals surface area contributed by atoms with Crippen LogP contribution in [0.25, 0.3) is 11.0 Å². The summed E-state index contributed by atoms with van der Waals surface area (Å²) in [4.78, 5) is 12.3. The fourth-order valence-electron chi connectivity index (χ4n) is 2.02. The van der Waals surface area contributed by atoms with Crippen LogP contribution in [0.5, 0.6) is 5.75 Å². The molecule has 2 N–H and O–H groups in total. The van der Waals surface area contributed by atoms with Crippen molar-refractivity contribution in [3.8, 4) is 5.75 Å². The molecule has 0 unspecified atom stereocenters. The minimum atomic E-state index is -0.0295. The average Bonchev–Trinajstić information content (AvgIpc) is 2.49. The van der Waals surface area contributed by atoms with E-state index in [9.17, 15) is 9.90 Å². The number of para-hydroxylation sites is 1. The third-order valence-electron chi connectivity index (χ3n) is 3.10. The largest absolute Gasteiger partial charge is 0.508 e. The molecular formula is C16H13NO3. The third-order valence-corrected chi connectivity index (χ3v) is 3.10. The van der Waals surface area contributed by atoms with Crippen LogP contribution in [0.2, 0.25) is 0 Å². The van der Waals surface area contributed by atoms with Crippen LogP contribution in [0.1, 0.15) is 5.56 Å². The van der Waals surface area contributed by atoms with E-state index in [1.165, 1.54) is 6.26 Å². The van der Waals surface area contributed by atoms with Crippen LogP contribution < -0.4 is 10.7 Å². The molecule has 0 fully saturated rings. The zero-order valence-electron chi connectivity index (χ0n) is 10.7. The van der Waals surface area contributed by atoms with Gasteiger partial charge in [-0.05, 0) is 36.4 Å². The second-order valence-electron chi connectivity index (χ2n) is 4.49. The van der Waals surface area contributed by atoms with E-state index < -0.39 is 0 Å². The van der Waals surface area contributed by atoms with Crippen molar-refractivity contribution in [2.75, 3.05) is 5.32 Å². The molecule has 100 valence electrons. The topological polar surface area (TPSA) is 62.5 Å². The highest BCUT2D eigenvalue weighted by atomic mass is 16.3. The Labute approximate surface area is 115 Å². The molecule has 0 spiro atoms. The number of fused-ring (bicyclic) bond motifs is 1. The van der Waals surface area contributed by atoms with Gasteiger partial charge in [0.15, 0.2) is 5.43 Å². The second kappa shape index (κ2) is 5.09. The van der Waals surface area contributed by atoms with Gasteiger partial charge in [-0.3, -0.25) is 4.79 Å². The molecule has 0 aliphatic heterocycles. The van der Waals surface area contributed by atoms with Crippen LogP contribution in [0.3, 0.4) is 0 Å². The van der Waals surface area contributed by atoms with Crippen LogP contribution in [0, 0.1) is 0 Å². The summed E-state index contributed by atoms with van der Waals surface area (Å²) >= 11 is 0. The number of phenolic OH excluding ortho intramolecular Hbond substituents is 1. The van der Waals surface area contributed by atoms with Crippen LogP contribution in [0.15, 0.2) is 64.0 Å². The molecule has 0 saturated heterocycles. The lowest BCUT2D eigenvalue weighted by molar-refractivity contribution is 0.475. The van der Waals surface area contributed by atoms with Crippen molar-refractivity contribution in [2.24, 2.45) is 0 Å². The van der Waals surface area contributed by atoms with Crippen molar-refractivity contribution >= 4 is 16.7 Å². The van der Waals surface area contributed by atoms with Crippen molar-refractivity contribution in [3.05, 3.63) is 70.6 Å². The lowest BCUT2D eigenvalue weighted by Crippen LogP contribution is -2.12. The maximum absolute atomic E-state index is 12.3. The first kappa shape index (κ1) is 12.3. The monoisotopic (exact) mass is 267 g/mol. The highest BCUT2D eigenvalue weighted by Gasteiger charge is 2.06. The van der Waals surface area contributed by atoms with Crippen molar-refractivity contribution in [2.45, 2.75) is 6.54 Å². The first-order valence-corrected chi connectivity index (χ1v) is 6.26. The van der Waals surface area contributed by atoms with Crippen molar-refractivity contribution in [1.29, 1.82) is 0 Å². The molecule has 0 radical (unpaired) electrons. The smallest absolute Gasteiger partial charge is 0.197 e. The molecule has 3 rings (SSSR count). The Bertz CT molecular complexity index is 791. The average molecular weight is 267 g/mol. The van der Waals surface area contributed by atoms with Crippen LogP contribution >= 0.6 is 0 Å². The lowest BCUT2D eigenvalue weighted by atomic mass is 10.1. The van der Waals surface area contributed by atoms with Gasteiger partial charge in [0.05, 0.1) is 17.2 Å². The van der Waals surface area contributed by atoms with E-state index in [-0.39, 0.29) is 11.2 Å². The van der Waals surface area contributed by atoms with Crippen molar-refractivity contribution in [3.63, 3.8) is 0 Å². The molecule has 4 heteroatoms. The lowest BCUT2D eigenvalue weighted by Gasteiger charge is -2.06. The number of hydrogen-bond acceptors (Lipinski definition) is 4. The summed E-state index contributed by atoms with van der Waals surface area (Å²) in [6.07, 6.45) is 1.48. The van der Waals surface area contributed by atoms with Gasteiger partial charge < -0.3 is 14.8 Å². The number of nitrogens with one attached hydrogen (secondary N) is 1. The summed E-state index contributed by atoms with van der Waals surface area (Å²) in [5.41, 5.74) is 1.95. The molecule has 0 atom stereocenters. The summed E-state index contributed by atoms with van der Waals surface area (Å²) in [7, 11) is 0. The van der Waals surface area contributed by atoms with E-state index in [1.807, 2.05) is 12.1 Å². The summed E-state index contributed by atoms with van der Waals surface area (Å²) in [6, 6.07) is 13.8. The van der Waals surface area contributed by atoms with E-state index in [4.69, 9.17) is 4.42 Å². The van der Waals surface area contributed by atoms with Gasteiger partial charge in [-0.2, -0.15) is 0 Å². The standard InChI is InChI=1S/C16H13NO3/c18-13-7-5-12(6-8-13)17-9-11-10-20-15-4-2-1-3-14(15)16(11)19/h1-8,10,17-18H,9H2. The van der Waals surface area contributed by atoms with Gasteiger partial charge in [0.2, 0.25) is 0 Å². The predicted molar refractivity (Wildman–Crippen MR) is 77.9 cm³/mol. The Hall–Kier alpha value is -2.75. The minimum Gasteiger partial charge on any atom is -0.508 e. The van der Waals surface area contributed by atoms with Gasteiger partial charge in [0.25, 0.3) is 0 Å². The molecule has 0 aliphatic carbocycles. The van der Waals surface area contributed by atoms with Crippen LogP contribution in [-0.4, -0.2) is 5.11 Å². The summed E-state index contributed by atoms with van der Waals surface area (Å²) in [6.45, 7) is 0.373. The van der Waals surface area contributed by atoms with Crippen molar-refractivity contribution in [1.82, 2.24) is 0 Å². The number of hydrogen-bond donors (Lipinski definition) is 2. The quantitative estimate of drug-likeness (QED) is 0.716. The fourth-order valence-corrected chi connectivity index (χ4v) is 2.02. The molecule has 20 heavy (non-hydrogen) atoms. The Morgan fingerprint density at radius 3 is 2.60 bits per heavy atom. The highest BCUT2D eigenvalue weighted by molar-refractivity contribution is 5.76. The SMILES string of the molecule is O=c1c(CNc2ccc(O)cc2)coc2ccccc12. The molecule has 1 aromatic heterocycles. The molecule has 0 aliphatic rings. The molecular weight excluding hydrogens is 254 g/mol. The summed E-state index contributed by atoms with van der Waals surface area (Å²) in [5.74, 6) is 0.209. The van der Waals surface area contributed by atoms with E-state index in [2.05, 4.69) is 5.32 Å². The van der Waals surface area contributed by atoms with Gasteiger partial charge in [-0.15, -0.1) is 0 Å². The van der Waals surface area contributed by atoms with Gasteiger partial charge in [0, 0.05) is 12.2 Å². The Kier molecular flexibility index (Phi) is 3.13. The van der Waals surface area contributed by atoms with Gasteiger partial charge in [-0.1, -0.05) is 12.1 Å². The summed E-state index contributed by atoms with van der Waals surface area (Å²) in [5, 5.41) is 12.9. The van der Waals surface area contributed by atoms with Crippen LogP contribution in [0.4, 0.5) is 5.69 Å². The van der Waals surface area contributed by atoms with E-state index >= 15 is 0 Å². The van der Waals surface area contributed by atoms with E-state index in [0.717, 1.165) is 5.69 Å². The number of aromatic hydroxyl groups is 1. The molecule has 3 aromatic rings. The molecule has 2 aromatic carbocycles.